The van der Waals surface area contributed by atoms with Gasteiger partial charge in [-0.15, -0.1) is 24.0 Å². The zero-order valence-corrected chi connectivity index (χ0v) is 16.1. The molecule has 1 saturated heterocycles. The van der Waals surface area contributed by atoms with Crippen LogP contribution in [0.4, 0.5) is 0 Å². The largest absolute Gasteiger partial charge is 0.391 e. The Hall–Kier alpha value is -1.61. The lowest BCUT2D eigenvalue weighted by Crippen LogP contribution is -2.40. The molecule has 130 valence electrons. The highest BCUT2D eigenvalue weighted by atomic mass is 127. The molecule has 24 heavy (non-hydrogen) atoms. The van der Waals surface area contributed by atoms with Crippen molar-refractivity contribution in [1.82, 2.24) is 20.2 Å². The van der Waals surface area contributed by atoms with Crippen molar-refractivity contribution in [3.63, 3.8) is 0 Å². The van der Waals surface area contributed by atoms with Crippen LogP contribution >= 0.6 is 24.0 Å². The minimum absolute atomic E-state index is 0. The lowest BCUT2D eigenvalue weighted by molar-refractivity contribution is 0.188. The molecule has 0 radical (unpaired) electrons. The Morgan fingerprint density at radius 3 is 2.88 bits per heavy atom. The molecule has 1 fully saturated rings. The topological polar surface area (TPSA) is 76.5 Å². The van der Waals surface area contributed by atoms with Gasteiger partial charge in [-0.25, -0.2) is 9.98 Å². The van der Waals surface area contributed by atoms with Gasteiger partial charge in [0.1, 0.15) is 12.4 Å². The fraction of sp³-hybridized carbons (Fsp3) is 0.412. The second-order valence-corrected chi connectivity index (χ2v) is 5.67. The zero-order chi connectivity index (χ0) is 16.1. The van der Waals surface area contributed by atoms with Crippen molar-refractivity contribution in [2.75, 3.05) is 19.6 Å². The highest BCUT2D eigenvalue weighted by molar-refractivity contribution is 14.0. The number of hydrogen-bond donors (Lipinski definition) is 3. The lowest BCUT2D eigenvalue weighted by Gasteiger charge is -2.20. The zero-order valence-electron chi connectivity index (χ0n) is 13.8. The molecule has 1 aliphatic rings. The van der Waals surface area contributed by atoms with Gasteiger partial charge < -0.3 is 20.3 Å². The first-order valence-corrected chi connectivity index (χ1v) is 8.07. The van der Waals surface area contributed by atoms with Gasteiger partial charge in [-0.2, -0.15) is 0 Å². The van der Waals surface area contributed by atoms with E-state index >= 15 is 0 Å². The number of nitrogens with zero attached hydrogens (tertiary/aromatic N) is 3. The highest BCUT2D eigenvalue weighted by Gasteiger charge is 2.22. The Morgan fingerprint density at radius 2 is 2.21 bits per heavy atom. The minimum Gasteiger partial charge on any atom is -0.391 e. The molecule has 1 aromatic carbocycles. The summed E-state index contributed by atoms with van der Waals surface area (Å²) in [5, 5.41) is 13.0. The van der Waals surface area contributed by atoms with Crippen molar-refractivity contribution in [3.8, 4) is 11.3 Å². The molecule has 1 atom stereocenters. The van der Waals surface area contributed by atoms with Gasteiger partial charge in [0.25, 0.3) is 0 Å². The van der Waals surface area contributed by atoms with E-state index in [2.05, 4.69) is 37.3 Å². The minimum atomic E-state index is -0.257. The number of aliphatic hydroxyl groups is 1. The van der Waals surface area contributed by atoms with Gasteiger partial charge in [0.2, 0.25) is 0 Å². The summed E-state index contributed by atoms with van der Waals surface area (Å²) in [6, 6.07) is 10.1. The second kappa shape index (κ2) is 9.03. The van der Waals surface area contributed by atoms with Crippen LogP contribution in [-0.2, 0) is 6.54 Å². The molecule has 0 amide bonds. The number of nitrogens with one attached hydrogen (secondary N) is 2. The number of rotatable bonds is 4. The van der Waals surface area contributed by atoms with Gasteiger partial charge in [0.15, 0.2) is 5.96 Å². The molecular weight excluding hydrogens is 417 g/mol. The maximum atomic E-state index is 9.69. The summed E-state index contributed by atoms with van der Waals surface area (Å²) in [5.41, 5.74) is 2.11. The molecular formula is C17H24IN5O. The molecule has 2 heterocycles. The van der Waals surface area contributed by atoms with Gasteiger partial charge in [0, 0.05) is 19.6 Å². The molecule has 3 N–H and O–H groups in total. The molecule has 1 aliphatic heterocycles. The van der Waals surface area contributed by atoms with E-state index < -0.39 is 0 Å². The van der Waals surface area contributed by atoms with Crippen molar-refractivity contribution < 1.29 is 5.11 Å². The number of aliphatic hydroxyl groups excluding tert-OH is 1. The molecule has 6 nitrogen and oxygen atoms in total. The summed E-state index contributed by atoms with van der Waals surface area (Å²) < 4.78 is 0. The monoisotopic (exact) mass is 441 g/mol. The first-order chi connectivity index (χ1) is 11.3. The standard InChI is InChI=1S/C17H23N5O.HI/c1-2-18-17(22-9-8-14(23)12-22)20-11-16-19-10-15(21-16)13-6-4-3-5-7-13;/h3-7,10,14,23H,2,8-9,11-12H2,1H3,(H,18,20)(H,19,21);1H/t14-;/m1./s1. The van der Waals surface area contributed by atoms with Crippen LogP contribution in [-0.4, -0.2) is 51.7 Å². The van der Waals surface area contributed by atoms with Gasteiger partial charge >= 0.3 is 0 Å². The summed E-state index contributed by atoms with van der Waals surface area (Å²) in [4.78, 5) is 14.4. The number of aromatic amines is 1. The molecule has 0 aliphatic carbocycles. The van der Waals surface area contributed by atoms with E-state index in [0.717, 1.165) is 42.6 Å². The number of halogens is 1. The number of H-pyrrole nitrogens is 1. The maximum absolute atomic E-state index is 9.69. The predicted octanol–water partition coefficient (Wildman–Crippen LogP) is 2.23. The van der Waals surface area contributed by atoms with Crippen LogP contribution in [0.3, 0.4) is 0 Å². The number of benzene rings is 1. The van der Waals surface area contributed by atoms with E-state index in [9.17, 15) is 5.11 Å². The number of guanidine groups is 1. The summed E-state index contributed by atoms with van der Waals surface area (Å²) in [5.74, 6) is 1.67. The molecule has 1 aromatic heterocycles. The summed E-state index contributed by atoms with van der Waals surface area (Å²) in [6.07, 6.45) is 2.38. The normalized spacial score (nSPS) is 17.7. The van der Waals surface area contributed by atoms with Crippen LogP contribution < -0.4 is 5.32 Å². The lowest BCUT2D eigenvalue weighted by atomic mass is 10.2. The van der Waals surface area contributed by atoms with Crippen LogP contribution in [0.5, 0.6) is 0 Å². The third-order valence-corrected chi connectivity index (χ3v) is 3.89. The van der Waals surface area contributed by atoms with Crippen LogP contribution in [0, 0.1) is 0 Å². The van der Waals surface area contributed by atoms with E-state index in [1.54, 1.807) is 0 Å². The Bertz CT molecular complexity index is 658. The fourth-order valence-electron chi connectivity index (χ4n) is 2.72. The average Bonchev–Trinajstić information content (AvgIpc) is 3.21. The van der Waals surface area contributed by atoms with Crippen molar-refractivity contribution in [3.05, 3.63) is 42.4 Å². The van der Waals surface area contributed by atoms with E-state index in [1.807, 2.05) is 31.3 Å². The van der Waals surface area contributed by atoms with Crippen molar-refractivity contribution in [2.45, 2.75) is 26.0 Å². The number of aliphatic imine (C=N–C) groups is 1. The second-order valence-electron chi connectivity index (χ2n) is 5.67. The number of imidazole rings is 1. The molecule has 0 unspecified atom stereocenters. The molecule has 3 rings (SSSR count). The SMILES string of the molecule is CCNC(=NCc1ncc(-c2ccccc2)[nH]1)N1CC[C@@H](O)C1.I. The molecule has 7 heteroatoms. The predicted molar refractivity (Wildman–Crippen MR) is 106 cm³/mol. The molecule has 0 saturated carbocycles. The van der Waals surface area contributed by atoms with E-state index in [0.29, 0.717) is 13.1 Å². The fourth-order valence-corrected chi connectivity index (χ4v) is 2.72. The van der Waals surface area contributed by atoms with Crippen molar-refractivity contribution >= 4 is 29.9 Å². The third-order valence-electron chi connectivity index (χ3n) is 3.89. The van der Waals surface area contributed by atoms with E-state index in [4.69, 9.17) is 0 Å². The Balaban J connectivity index is 0.00000208. The Morgan fingerprint density at radius 1 is 1.42 bits per heavy atom. The van der Waals surface area contributed by atoms with Crippen LogP contribution in [0.1, 0.15) is 19.2 Å². The number of hydrogen-bond acceptors (Lipinski definition) is 3. The first kappa shape index (κ1) is 18.7. The highest BCUT2D eigenvalue weighted by Crippen LogP contribution is 2.16. The molecule has 2 aromatic rings. The van der Waals surface area contributed by atoms with Gasteiger partial charge in [0.05, 0.1) is 18.0 Å². The third kappa shape index (κ3) is 4.70. The van der Waals surface area contributed by atoms with Crippen molar-refractivity contribution in [2.24, 2.45) is 4.99 Å². The summed E-state index contributed by atoms with van der Waals surface area (Å²) >= 11 is 0. The van der Waals surface area contributed by atoms with Crippen LogP contribution in [0.15, 0.2) is 41.5 Å². The summed E-state index contributed by atoms with van der Waals surface area (Å²) in [6.45, 7) is 4.81. The summed E-state index contributed by atoms with van der Waals surface area (Å²) in [7, 11) is 0. The first-order valence-electron chi connectivity index (χ1n) is 8.07. The van der Waals surface area contributed by atoms with Crippen molar-refractivity contribution in [1.29, 1.82) is 0 Å². The number of likely N-dealkylation sites (tertiary alicyclic amines) is 1. The van der Waals surface area contributed by atoms with Crippen LogP contribution in [0.25, 0.3) is 11.3 Å². The maximum Gasteiger partial charge on any atom is 0.194 e. The van der Waals surface area contributed by atoms with E-state index in [-0.39, 0.29) is 30.1 Å². The Labute approximate surface area is 159 Å². The van der Waals surface area contributed by atoms with Crippen LogP contribution in [0.2, 0.25) is 0 Å². The number of aromatic nitrogens is 2. The average molecular weight is 441 g/mol. The molecule has 0 bridgehead atoms. The number of β-amino-alcohol motifs (C(OH)–C–C–N with tert-alkyl or cyclic N) is 1. The smallest absolute Gasteiger partial charge is 0.194 e. The van der Waals surface area contributed by atoms with Gasteiger partial charge in [-0.05, 0) is 18.9 Å². The quantitative estimate of drug-likeness (QED) is 0.387. The van der Waals surface area contributed by atoms with Gasteiger partial charge in [-0.1, -0.05) is 30.3 Å². The molecule has 0 spiro atoms. The van der Waals surface area contributed by atoms with E-state index in [1.165, 1.54) is 0 Å². The van der Waals surface area contributed by atoms with Gasteiger partial charge in [-0.3, -0.25) is 0 Å². The Kier molecular flexibility index (Phi) is 7.04.